The fourth-order valence-corrected chi connectivity index (χ4v) is 4.20. The molecule has 1 aliphatic rings. The lowest BCUT2D eigenvalue weighted by atomic mass is 9.84. The van der Waals surface area contributed by atoms with E-state index in [-0.39, 0.29) is 30.3 Å². The maximum Gasteiger partial charge on any atom is 0.245 e. The number of nitrogens with zero attached hydrogens (tertiary/aromatic N) is 3. The third-order valence-electron chi connectivity index (χ3n) is 6.33. The van der Waals surface area contributed by atoms with Gasteiger partial charge in [0.2, 0.25) is 11.8 Å². The fraction of sp³-hybridized carbons (Fsp3) is 0.370. The van der Waals surface area contributed by atoms with Gasteiger partial charge in [-0.2, -0.15) is 5.10 Å². The van der Waals surface area contributed by atoms with Crippen LogP contribution in [0.3, 0.4) is 0 Å². The first-order chi connectivity index (χ1) is 15.8. The molecule has 1 aliphatic carbocycles. The minimum Gasteiger partial charge on any atom is -0.331 e. The van der Waals surface area contributed by atoms with Crippen LogP contribution in [-0.4, -0.2) is 39.1 Å². The molecule has 2 aromatic carbocycles. The van der Waals surface area contributed by atoms with Crippen LogP contribution in [-0.2, 0) is 9.59 Å². The van der Waals surface area contributed by atoms with Crippen molar-refractivity contribution >= 4 is 17.6 Å². The molecule has 0 atom stereocenters. The zero-order valence-corrected chi connectivity index (χ0v) is 19.8. The highest BCUT2D eigenvalue weighted by atomic mass is 16.2. The van der Waals surface area contributed by atoms with Crippen LogP contribution in [0.1, 0.15) is 44.4 Å². The van der Waals surface area contributed by atoms with Crippen molar-refractivity contribution in [2.75, 3.05) is 11.9 Å². The average Bonchev–Trinajstić information content (AvgIpc) is 3.07. The van der Waals surface area contributed by atoms with Gasteiger partial charge in [-0.15, -0.1) is 0 Å². The number of benzene rings is 2. The zero-order valence-electron chi connectivity index (χ0n) is 19.8. The number of hydrogen-bond donors (Lipinski definition) is 1. The Bertz CT molecular complexity index is 1130. The third-order valence-corrected chi connectivity index (χ3v) is 6.33. The highest BCUT2D eigenvalue weighted by Crippen LogP contribution is 2.34. The van der Waals surface area contributed by atoms with Gasteiger partial charge in [-0.05, 0) is 58.2 Å². The molecule has 172 valence electrons. The summed E-state index contributed by atoms with van der Waals surface area (Å²) in [5.74, 6) is 0.535. The van der Waals surface area contributed by atoms with Crippen molar-refractivity contribution in [3.63, 3.8) is 0 Å². The quantitative estimate of drug-likeness (QED) is 0.549. The van der Waals surface area contributed by atoms with Crippen molar-refractivity contribution in [2.24, 2.45) is 5.92 Å². The molecule has 4 rings (SSSR count). The Labute approximate surface area is 195 Å². The molecule has 3 aromatic rings. The molecule has 1 fully saturated rings. The Hall–Kier alpha value is -3.41. The second-order valence-corrected chi connectivity index (χ2v) is 9.16. The van der Waals surface area contributed by atoms with E-state index >= 15 is 0 Å². The molecule has 1 N–H and O–H groups in total. The lowest BCUT2D eigenvalue weighted by molar-refractivity contribution is -0.142. The summed E-state index contributed by atoms with van der Waals surface area (Å²) in [7, 11) is 0. The number of carbonyl (C=O) groups is 2. The second kappa shape index (κ2) is 9.61. The van der Waals surface area contributed by atoms with Crippen LogP contribution in [0.2, 0.25) is 0 Å². The molecule has 6 heteroatoms. The Morgan fingerprint density at radius 2 is 1.73 bits per heavy atom. The molecule has 0 spiro atoms. The minimum absolute atomic E-state index is 0.0271. The van der Waals surface area contributed by atoms with Crippen molar-refractivity contribution in [1.82, 2.24) is 14.7 Å². The molecule has 0 bridgehead atoms. The van der Waals surface area contributed by atoms with Crippen LogP contribution in [0.25, 0.3) is 16.8 Å². The lowest BCUT2D eigenvalue weighted by Gasteiger charge is -2.33. The first-order valence-electron chi connectivity index (χ1n) is 11.7. The summed E-state index contributed by atoms with van der Waals surface area (Å²) in [6.07, 6.45) is 2.92. The van der Waals surface area contributed by atoms with Crippen LogP contribution in [0.15, 0.2) is 54.6 Å². The van der Waals surface area contributed by atoms with Gasteiger partial charge in [0.25, 0.3) is 0 Å². The molecule has 6 nitrogen and oxygen atoms in total. The molecule has 1 saturated carbocycles. The van der Waals surface area contributed by atoms with Gasteiger partial charge in [0, 0.05) is 17.5 Å². The highest BCUT2D eigenvalue weighted by Gasteiger charge is 2.32. The second-order valence-electron chi connectivity index (χ2n) is 9.16. The molecule has 0 aliphatic heterocycles. The molecule has 1 aromatic heterocycles. The lowest BCUT2D eigenvalue weighted by Crippen LogP contribution is -2.46. The van der Waals surface area contributed by atoms with E-state index < -0.39 is 0 Å². The Morgan fingerprint density at radius 3 is 2.30 bits per heavy atom. The third kappa shape index (κ3) is 4.85. The first-order valence-corrected chi connectivity index (χ1v) is 11.7. The monoisotopic (exact) mass is 444 g/mol. The van der Waals surface area contributed by atoms with Crippen molar-refractivity contribution in [3.05, 3.63) is 65.9 Å². The molecule has 0 saturated heterocycles. The van der Waals surface area contributed by atoms with Crippen LogP contribution in [0, 0.1) is 19.8 Å². The topological polar surface area (TPSA) is 67.2 Å². The largest absolute Gasteiger partial charge is 0.331 e. The van der Waals surface area contributed by atoms with Gasteiger partial charge in [-0.1, -0.05) is 54.4 Å². The van der Waals surface area contributed by atoms with E-state index in [0.717, 1.165) is 47.3 Å². The number of aryl methyl sites for hydroxylation is 2. The van der Waals surface area contributed by atoms with Gasteiger partial charge in [0.05, 0.1) is 11.4 Å². The average molecular weight is 445 g/mol. The number of carbonyl (C=O) groups excluding carboxylic acids is 2. The maximum atomic E-state index is 13.2. The van der Waals surface area contributed by atoms with Gasteiger partial charge < -0.3 is 10.2 Å². The molecular weight excluding hydrogens is 412 g/mol. The van der Waals surface area contributed by atoms with Crippen LogP contribution in [0.4, 0.5) is 5.82 Å². The van der Waals surface area contributed by atoms with E-state index in [1.807, 2.05) is 82.3 Å². The number of nitrogens with one attached hydrogen (secondary N) is 1. The SMILES string of the molecule is Cc1ccc(-n2nc(C)c(-c3ccccc3)c2NC(=O)CN(C(=O)C2CCC2)C(C)C)cc1. The van der Waals surface area contributed by atoms with Crippen LogP contribution >= 0.6 is 0 Å². The van der Waals surface area contributed by atoms with Gasteiger partial charge in [-0.25, -0.2) is 4.68 Å². The standard InChI is InChI=1S/C27H32N4O2/c1-18(2)30(27(33)22-11-8-12-22)17-24(32)28-26-25(21-9-6-5-7-10-21)20(4)29-31(26)23-15-13-19(3)14-16-23/h5-7,9-10,13-16,18,22H,8,11-12,17H2,1-4H3,(H,28,32). The molecule has 0 unspecified atom stereocenters. The zero-order chi connectivity index (χ0) is 23.5. The predicted octanol–water partition coefficient (Wildman–Crippen LogP) is 5.13. The Kier molecular flexibility index (Phi) is 6.63. The van der Waals surface area contributed by atoms with Gasteiger partial charge in [0.15, 0.2) is 0 Å². The number of amides is 2. The summed E-state index contributed by atoms with van der Waals surface area (Å²) in [6.45, 7) is 7.93. The summed E-state index contributed by atoms with van der Waals surface area (Å²) < 4.78 is 1.78. The molecule has 33 heavy (non-hydrogen) atoms. The minimum atomic E-state index is -0.221. The van der Waals surface area contributed by atoms with Gasteiger partial charge >= 0.3 is 0 Å². The summed E-state index contributed by atoms with van der Waals surface area (Å²) in [5, 5.41) is 7.86. The highest BCUT2D eigenvalue weighted by molar-refractivity contribution is 5.98. The van der Waals surface area contributed by atoms with Crippen LogP contribution < -0.4 is 5.32 Å². The number of aromatic nitrogens is 2. The molecular formula is C27H32N4O2. The van der Waals surface area contributed by atoms with Crippen molar-refractivity contribution < 1.29 is 9.59 Å². The Balaban J connectivity index is 1.68. The number of rotatable bonds is 7. The van der Waals surface area contributed by atoms with E-state index in [9.17, 15) is 9.59 Å². The van der Waals surface area contributed by atoms with Crippen molar-refractivity contribution in [3.8, 4) is 16.8 Å². The van der Waals surface area contributed by atoms with E-state index in [1.54, 1.807) is 9.58 Å². The van der Waals surface area contributed by atoms with E-state index in [1.165, 1.54) is 0 Å². The molecule has 2 amide bonds. The van der Waals surface area contributed by atoms with E-state index in [4.69, 9.17) is 5.10 Å². The van der Waals surface area contributed by atoms with E-state index in [0.29, 0.717) is 5.82 Å². The smallest absolute Gasteiger partial charge is 0.245 e. The van der Waals surface area contributed by atoms with Gasteiger partial charge in [-0.3, -0.25) is 9.59 Å². The summed E-state index contributed by atoms with van der Waals surface area (Å²) >= 11 is 0. The summed E-state index contributed by atoms with van der Waals surface area (Å²) in [4.78, 5) is 27.8. The van der Waals surface area contributed by atoms with Crippen molar-refractivity contribution in [2.45, 2.75) is 53.0 Å². The molecule has 0 radical (unpaired) electrons. The van der Waals surface area contributed by atoms with Crippen molar-refractivity contribution in [1.29, 1.82) is 0 Å². The summed E-state index contributed by atoms with van der Waals surface area (Å²) in [6, 6.07) is 17.9. The van der Waals surface area contributed by atoms with Crippen LogP contribution in [0.5, 0.6) is 0 Å². The Morgan fingerprint density at radius 1 is 1.06 bits per heavy atom. The maximum absolute atomic E-state index is 13.2. The fourth-order valence-electron chi connectivity index (χ4n) is 4.20. The van der Waals surface area contributed by atoms with Gasteiger partial charge in [0.1, 0.15) is 12.4 Å². The molecule has 1 heterocycles. The summed E-state index contributed by atoms with van der Waals surface area (Å²) in [5.41, 5.74) is 4.70. The first kappa shape index (κ1) is 22.8. The number of anilines is 1. The normalized spacial score (nSPS) is 13.6. The predicted molar refractivity (Wildman–Crippen MR) is 131 cm³/mol. The van der Waals surface area contributed by atoms with E-state index in [2.05, 4.69) is 5.32 Å². The number of hydrogen-bond acceptors (Lipinski definition) is 3.